The van der Waals surface area contributed by atoms with Gasteiger partial charge in [-0.1, -0.05) is 30.7 Å². The molecule has 0 saturated carbocycles. The number of likely N-dealkylation sites (tertiary alicyclic amines) is 1. The predicted octanol–water partition coefficient (Wildman–Crippen LogP) is 3.05. The van der Waals surface area contributed by atoms with Gasteiger partial charge >= 0.3 is 0 Å². The number of para-hydroxylation sites is 2. The summed E-state index contributed by atoms with van der Waals surface area (Å²) in [5.41, 5.74) is 1.82. The van der Waals surface area contributed by atoms with Gasteiger partial charge in [0.15, 0.2) is 12.8 Å². The number of nitrogens with zero attached hydrogens (tertiary/aromatic N) is 3. The maximum absolute atomic E-state index is 9.56. The minimum Gasteiger partial charge on any atom is -0.507 e. The zero-order chi connectivity index (χ0) is 22.3. The van der Waals surface area contributed by atoms with E-state index in [1.165, 1.54) is 32.4 Å². The van der Waals surface area contributed by atoms with Crippen molar-refractivity contribution in [2.75, 3.05) is 53.5 Å². The summed E-state index contributed by atoms with van der Waals surface area (Å²) in [6.45, 7) is 5.05. The summed E-state index contributed by atoms with van der Waals surface area (Å²) < 4.78 is 7.13. The van der Waals surface area contributed by atoms with E-state index in [2.05, 4.69) is 9.89 Å². The van der Waals surface area contributed by atoms with Crippen LogP contribution in [0, 0.1) is 0 Å². The van der Waals surface area contributed by atoms with E-state index in [4.69, 9.17) is 9.84 Å². The number of benzene rings is 2. The lowest BCUT2D eigenvalue weighted by Crippen LogP contribution is -2.31. The molecule has 6 heteroatoms. The molecular weight excluding hydrogens is 390 g/mol. The summed E-state index contributed by atoms with van der Waals surface area (Å²) >= 11 is 0. The van der Waals surface area contributed by atoms with E-state index in [0.29, 0.717) is 12.3 Å². The SMILES string of the molecule is COc1ccccc1C=[N+](C)CCO.Oc1ccccc1C=NCCN1CCCCC1. The Morgan fingerprint density at radius 1 is 1.03 bits per heavy atom. The van der Waals surface area contributed by atoms with Crippen LogP contribution in [-0.4, -0.2) is 85.6 Å². The molecule has 2 N–H and O–H groups in total. The number of aliphatic hydroxyl groups is 1. The molecule has 0 unspecified atom stereocenters. The number of piperidine rings is 1. The third-order valence-corrected chi connectivity index (χ3v) is 5.11. The molecule has 2 aromatic rings. The number of likely N-dealkylation sites (N-methyl/N-ethyl adjacent to an activating group) is 1. The van der Waals surface area contributed by atoms with Crippen LogP contribution in [-0.2, 0) is 0 Å². The lowest BCUT2D eigenvalue weighted by molar-refractivity contribution is -0.494. The topological polar surface area (TPSA) is 68.3 Å². The van der Waals surface area contributed by atoms with Crippen LogP contribution in [0.1, 0.15) is 30.4 Å². The van der Waals surface area contributed by atoms with Crippen LogP contribution in [0.5, 0.6) is 11.5 Å². The van der Waals surface area contributed by atoms with E-state index >= 15 is 0 Å². The van der Waals surface area contributed by atoms with Crippen LogP contribution >= 0.6 is 0 Å². The summed E-state index contributed by atoms with van der Waals surface area (Å²) in [4.78, 5) is 6.83. The van der Waals surface area contributed by atoms with Crippen molar-refractivity contribution in [1.29, 1.82) is 0 Å². The van der Waals surface area contributed by atoms with Gasteiger partial charge in [-0.2, -0.15) is 0 Å². The number of aromatic hydroxyl groups is 1. The second-order valence-corrected chi connectivity index (χ2v) is 7.57. The molecule has 1 fully saturated rings. The van der Waals surface area contributed by atoms with E-state index in [0.717, 1.165) is 30.0 Å². The molecule has 0 bridgehead atoms. The molecule has 2 aromatic carbocycles. The average molecular weight is 427 g/mol. The molecule has 0 aliphatic carbocycles. The molecule has 1 aliphatic heterocycles. The number of phenolic OH excluding ortho intramolecular Hbond substituents is 1. The number of hydrogen-bond donors (Lipinski definition) is 2. The van der Waals surface area contributed by atoms with Gasteiger partial charge < -0.3 is 19.8 Å². The zero-order valence-electron chi connectivity index (χ0n) is 18.8. The van der Waals surface area contributed by atoms with E-state index in [1.807, 2.05) is 60.3 Å². The van der Waals surface area contributed by atoms with Crippen LogP contribution < -0.4 is 4.74 Å². The molecular formula is C25H36N3O3+. The summed E-state index contributed by atoms with van der Waals surface area (Å²) in [5, 5.41) is 18.3. The molecule has 1 aliphatic rings. The first kappa shape index (κ1) is 24.6. The highest BCUT2D eigenvalue weighted by Gasteiger charge is 2.08. The fourth-order valence-corrected chi connectivity index (χ4v) is 3.37. The average Bonchev–Trinajstić information content (AvgIpc) is 2.79. The Labute approximate surface area is 186 Å². The van der Waals surface area contributed by atoms with Crippen molar-refractivity contribution in [1.82, 2.24) is 4.90 Å². The predicted molar refractivity (Wildman–Crippen MR) is 127 cm³/mol. The zero-order valence-corrected chi connectivity index (χ0v) is 18.8. The Kier molecular flexibility index (Phi) is 11.4. The number of phenols is 1. The molecule has 31 heavy (non-hydrogen) atoms. The first-order valence-electron chi connectivity index (χ1n) is 10.9. The van der Waals surface area contributed by atoms with Crippen LogP contribution in [0.2, 0.25) is 0 Å². The van der Waals surface area contributed by atoms with Crippen LogP contribution in [0.4, 0.5) is 0 Å². The van der Waals surface area contributed by atoms with Crippen LogP contribution in [0.3, 0.4) is 0 Å². The Morgan fingerprint density at radius 3 is 2.39 bits per heavy atom. The van der Waals surface area contributed by atoms with Gasteiger partial charge in [0, 0.05) is 18.3 Å². The van der Waals surface area contributed by atoms with Gasteiger partial charge in [0.05, 0.1) is 19.2 Å². The highest BCUT2D eigenvalue weighted by atomic mass is 16.5. The largest absolute Gasteiger partial charge is 0.507 e. The minimum absolute atomic E-state index is 0.155. The molecule has 0 amide bonds. The molecule has 0 aromatic heterocycles. The molecule has 3 rings (SSSR count). The maximum Gasteiger partial charge on any atom is 0.174 e. The Bertz CT molecular complexity index is 830. The molecule has 6 nitrogen and oxygen atoms in total. The van der Waals surface area contributed by atoms with E-state index in [-0.39, 0.29) is 6.61 Å². The van der Waals surface area contributed by atoms with Crippen molar-refractivity contribution in [3.05, 3.63) is 59.7 Å². The highest BCUT2D eigenvalue weighted by molar-refractivity contribution is 5.83. The molecule has 168 valence electrons. The number of hydrogen-bond acceptors (Lipinski definition) is 5. The number of methoxy groups -OCH3 is 1. The van der Waals surface area contributed by atoms with E-state index in [9.17, 15) is 5.11 Å². The first-order chi connectivity index (χ1) is 15.1. The third-order valence-electron chi connectivity index (χ3n) is 5.11. The second kappa shape index (κ2) is 14.3. The highest BCUT2D eigenvalue weighted by Crippen LogP contribution is 2.14. The molecule has 1 heterocycles. The molecule has 0 atom stereocenters. The lowest BCUT2D eigenvalue weighted by atomic mass is 10.1. The smallest absolute Gasteiger partial charge is 0.174 e. The van der Waals surface area contributed by atoms with Crippen LogP contribution in [0.25, 0.3) is 0 Å². The Morgan fingerprint density at radius 2 is 1.71 bits per heavy atom. The van der Waals surface area contributed by atoms with Gasteiger partial charge in [-0.15, -0.1) is 0 Å². The first-order valence-corrected chi connectivity index (χ1v) is 10.9. The number of rotatable bonds is 8. The molecule has 1 saturated heterocycles. The Hall–Kier alpha value is -2.70. The number of aliphatic imine (C=N–C) groups is 1. The van der Waals surface area contributed by atoms with Crippen molar-refractivity contribution in [3.8, 4) is 11.5 Å². The Balaban J connectivity index is 0.000000225. The van der Waals surface area contributed by atoms with Crippen molar-refractivity contribution in [3.63, 3.8) is 0 Å². The summed E-state index contributed by atoms with van der Waals surface area (Å²) in [5.74, 6) is 1.14. The van der Waals surface area contributed by atoms with Gasteiger partial charge in [0.25, 0.3) is 0 Å². The lowest BCUT2D eigenvalue weighted by Gasteiger charge is -2.25. The fraction of sp³-hybridized carbons (Fsp3) is 0.440. The second-order valence-electron chi connectivity index (χ2n) is 7.57. The van der Waals surface area contributed by atoms with Gasteiger partial charge in [-0.25, -0.2) is 4.58 Å². The van der Waals surface area contributed by atoms with E-state index < -0.39 is 0 Å². The number of aliphatic hydroxyl groups excluding tert-OH is 1. The van der Waals surface area contributed by atoms with Gasteiger partial charge in [-0.05, 0) is 50.2 Å². The third kappa shape index (κ3) is 9.32. The number of ether oxygens (including phenoxy) is 1. The molecule has 0 radical (unpaired) electrons. The van der Waals surface area contributed by atoms with Crippen molar-refractivity contribution in [2.45, 2.75) is 19.3 Å². The van der Waals surface area contributed by atoms with Gasteiger partial charge in [0.1, 0.15) is 25.2 Å². The monoisotopic (exact) mass is 426 g/mol. The van der Waals surface area contributed by atoms with Gasteiger partial charge in [0.2, 0.25) is 0 Å². The van der Waals surface area contributed by atoms with E-state index in [1.54, 1.807) is 19.4 Å². The summed E-state index contributed by atoms with van der Waals surface area (Å²) in [6.07, 6.45) is 7.73. The summed E-state index contributed by atoms with van der Waals surface area (Å²) in [6, 6.07) is 15.1. The van der Waals surface area contributed by atoms with Crippen molar-refractivity contribution < 1.29 is 19.5 Å². The minimum atomic E-state index is 0.155. The standard InChI is InChI=1S/C14H20N2O.C11H16NO2/c17-14-7-3-2-6-13(14)12-15-8-11-16-9-4-1-5-10-16;1-12(7-8-13)9-10-5-3-4-6-11(10)14-2/h2-3,6-7,12,17H,1,4-5,8-11H2;3-6,9,13H,7-8H2,1-2H3/q;+1. The normalized spacial score (nSPS) is 14.9. The molecule has 0 spiro atoms. The maximum atomic E-state index is 9.56. The van der Waals surface area contributed by atoms with Gasteiger partial charge in [-0.3, -0.25) is 4.99 Å². The van der Waals surface area contributed by atoms with Crippen LogP contribution in [0.15, 0.2) is 53.5 Å². The van der Waals surface area contributed by atoms with Crippen molar-refractivity contribution in [2.24, 2.45) is 4.99 Å². The quantitative estimate of drug-likeness (QED) is 0.503. The fourth-order valence-electron chi connectivity index (χ4n) is 3.37. The van der Waals surface area contributed by atoms with Crippen molar-refractivity contribution >= 4 is 12.4 Å². The summed E-state index contributed by atoms with van der Waals surface area (Å²) in [7, 11) is 3.57.